The summed E-state index contributed by atoms with van der Waals surface area (Å²) in [6, 6.07) is 11.6. The number of benzene rings is 2. The highest BCUT2D eigenvalue weighted by Gasteiger charge is 2.42. The average Bonchev–Trinajstić information content (AvgIpc) is 2.90. The molecule has 1 aromatic heterocycles. The Morgan fingerprint density at radius 3 is 2.19 bits per heavy atom. The van der Waals surface area contributed by atoms with Gasteiger partial charge in [0.25, 0.3) is 5.82 Å². The zero-order chi connectivity index (χ0) is 18.6. The second kappa shape index (κ2) is 5.90. The Morgan fingerprint density at radius 2 is 1.62 bits per heavy atom. The Morgan fingerprint density at radius 1 is 1.04 bits per heavy atom. The molecule has 26 heavy (non-hydrogen) atoms. The minimum atomic E-state index is -0.0612. The molecule has 0 spiro atoms. The summed E-state index contributed by atoms with van der Waals surface area (Å²) in [7, 11) is 1.87. The number of carbonyl (C=O) groups excluding carboxylic acids is 2. The number of carbonyl (C=O) groups is 2. The van der Waals surface area contributed by atoms with E-state index >= 15 is 0 Å². The van der Waals surface area contributed by atoms with Crippen LogP contribution in [0.25, 0.3) is 10.8 Å². The Labute approximate surface area is 153 Å². The van der Waals surface area contributed by atoms with Crippen molar-refractivity contribution in [3.8, 4) is 0 Å². The summed E-state index contributed by atoms with van der Waals surface area (Å²) in [5.74, 6) is 1.27. The third kappa shape index (κ3) is 2.25. The zero-order valence-corrected chi connectivity index (χ0v) is 15.7. The minimum absolute atomic E-state index is 0.0487. The summed E-state index contributed by atoms with van der Waals surface area (Å²) in [5, 5.41) is 1.96. The van der Waals surface area contributed by atoms with Crippen molar-refractivity contribution in [2.45, 2.75) is 33.7 Å². The predicted octanol–water partition coefficient (Wildman–Crippen LogP) is 3.60. The molecule has 0 radical (unpaired) electrons. The van der Waals surface area contributed by atoms with Gasteiger partial charge in [-0.2, -0.15) is 0 Å². The molecule has 0 amide bonds. The van der Waals surface area contributed by atoms with Gasteiger partial charge in [-0.3, -0.25) is 9.59 Å². The largest absolute Gasteiger partial charge is 0.284 e. The van der Waals surface area contributed by atoms with E-state index in [1.807, 2.05) is 59.5 Å². The summed E-state index contributed by atoms with van der Waals surface area (Å²) < 4.78 is 3.90. The van der Waals surface area contributed by atoms with Crippen LogP contribution < -0.4 is 4.57 Å². The molecule has 2 aromatic carbocycles. The van der Waals surface area contributed by atoms with Gasteiger partial charge >= 0.3 is 0 Å². The molecule has 0 fully saturated rings. The van der Waals surface area contributed by atoms with Gasteiger partial charge in [0.1, 0.15) is 0 Å². The summed E-state index contributed by atoms with van der Waals surface area (Å²) in [4.78, 5) is 26.6. The van der Waals surface area contributed by atoms with E-state index in [4.69, 9.17) is 0 Å². The molecule has 4 rings (SSSR count). The summed E-state index contributed by atoms with van der Waals surface area (Å²) in [5.41, 5.74) is 2.08. The molecule has 0 aliphatic heterocycles. The zero-order valence-electron chi connectivity index (χ0n) is 15.7. The first-order valence-corrected chi connectivity index (χ1v) is 9.15. The Bertz CT molecular complexity index is 1080. The third-order valence-electron chi connectivity index (χ3n) is 5.70. The second-order valence-corrected chi connectivity index (χ2v) is 7.33. The van der Waals surface area contributed by atoms with Crippen molar-refractivity contribution >= 4 is 22.3 Å². The van der Waals surface area contributed by atoms with Crippen LogP contribution in [0.15, 0.2) is 36.4 Å². The van der Waals surface area contributed by atoms with E-state index in [0.717, 1.165) is 29.6 Å². The van der Waals surface area contributed by atoms with E-state index in [0.29, 0.717) is 28.4 Å². The Kier molecular flexibility index (Phi) is 3.79. The van der Waals surface area contributed by atoms with Crippen LogP contribution in [0, 0.1) is 12.8 Å². The minimum Gasteiger partial charge on any atom is -0.284 e. The summed E-state index contributed by atoms with van der Waals surface area (Å²) in [6.45, 7) is 7.03. The van der Waals surface area contributed by atoms with E-state index in [-0.39, 0.29) is 11.6 Å². The van der Waals surface area contributed by atoms with Crippen LogP contribution in [0.2, 0.25) is 0 Å². The van der Waals surface area contributed by atoms with E-state index in [1.165, 1.54) is 0 Å². The molecule has 4 nitrogen and oxygen atoms in total. The highest BCUT2D eigenvalue weighted by atomic mass is 16.1. The molecule has 1 heterocycles. The quantitative estimate of drug-likeness (QED) is 0.532. The van der Waals surface area contributed by atoms with Gasteiger partial charge in [0.05, 0.1) is 13.6 Å². The molecule has 1 aliphatic carbocycles. The van der Waals surface area contributed by atoms with Gasteiger partial charge in [-0.25, -0.2) is 9.13 Å². The van der Waals surface area contributed by atoms with Crippen molar-refractivity contribution in [3.63, 3.8) is 0 Å². The molecule has 3 aromatic rings. The van der Waals surface area contributed by atoms with Crippen molar-refractivity contribution in [1.29, 1.82) is 0 Å². The fourth-order valence-electron chi connectivity index (χ4n) is 3.82. The SMILES string of the molecule is CCC(C)Cn1c2c([n+](C)c1C)C(=O)c1cc3ccccc3cc1C2=O. The van der Waals surface area contributed by atoms with E-state index in [9.17, 15) is 9.59 Å². The first-order chi connectivity index (χ1) is 12.4. The van der Waals surface area contributed by atoms with Crippen LogP contribution in [0.3, 0.4) is 0 Å². The molecule has 4 heteroatoms. The van der Waals surface area contributed by atoms with Crippen molar-refractivity contribution in [2.24, 2.45) is 13.0 Å². The van der Waals surface area contributed by atoms with Crippen LogP contribution in [-0.2, 0) is 13.6 Å². The van der Waals surface area contributed by atoms with Gasteiger partial charge in [0.2, 0.25) is 23.0 Å². The lowest BCUT2D eigenvalue weighted by Crippen LogP contribution is -2.39. The van der Waals surface area contributed by atoms with Gasteiger partial charge in [0, 0.05) is 18.1 Å². The normalized spacial score (nSPS) is 14.5. The van der Waals surface area contributed by atoms with Gasteiger partial charge < -0.3 is 0 Å². The summed E-state index contributed by atoms with van der Waals surface area (Å²) >= 11 is 0. The standard InChI is InChI=1S/C22H23N2O2/c1-5-13(2)12-24-14(3)23(4)19-20(24)22(26)18-11-16-9-7-6-8-15(16)10-17(18)21(19)25/h6-11,13H,5,12H2,1-4H3/q+1. The van der Waals surface area contributed by atoms with Crippen molar-refractivity contribution in [1.82, 2.24) is 4.57 Å². The number of aromatic nitrogens is 2. The maximum Gasteiger partial charge on any atom is 0.254 e. The van der Waals surface area contributed by atoms with Crippen LogP contribution in [-0.4, -0.2) is 16.1 Å². The van der Waals surface area contributed by atoms with E-state index < -0.39 is 0 Å². The van der Waals surface area contributed by atoms with Crippen LogP contribution in [0.4, 0.5) is 0 Å². The van der Waals surface area contributed by atoms with Gasteiger partial charge in [-0.1, -0.05) is 38.1 Å². The number of rotatable bonds is 3. The van der Waals surface area contributed by atoms with Crippen molar-refractivity contribution < 1.29 is 14.2 Å². The van der Waals surface area contributed by atoms with Gasteiger partial charge in [0.15, 0.2) is 0 Å². The highest BCUT2D eigenvalue weighted by molar-refractivity contribution is 6.27. The first kappa shape index (κ1) is 16.7. The number of hydrogen-bond donors (Lipinski definition) is 0. The molecule has 132 valence electrons. The molecule has 1 atom stereocenters. The van der Waals surface area contributed by atoms with Gasteiger partial charge in [-0.05, 0) is 35.2 Å². The monoisotopic (exact) mass is 347 g/mol. The average molecular weight is 347 g/mol. The topological polar surface area (TPSA) is 43.0 Å². The fraction of sp³-hybridized carbons (Fsp3) is 0.318. The molecule has 1 unspecified atom stereocenters. The fourth-order valence-corrected chi connectivity index (χ4v) is 3.82. The molecule has 0 bridgehead atoms. The lowest BCUT2D eigenvalue weighted by atomic mass is 9.87. The number of imidazole rings is 1. The second-order valence-electron chi connectivity index (χ2n) is 7.33. The maximum absolute atomic E-state index is 13.4. The smallest absolute Gasteiger partial charge is 0.254 e. The number of ketones is 2. The van der Waals surface area contributed by atoms with Gasteiger partial charge in [-0.15, -0.1) is 0 Å². The molecule has 0 N–H and O–H groups in total. The van der Waals surface area contributed by atoms with Crippen LogP contribution in [0.5, 0.6) is 0 Å². The summed E-state index contributed by atoms with van der Waals surface area (Å²) in [6.07, 6.45) is 1.03. The molecular weight excluding hydrogens is 324 g/mol. The molecule has 1 aliphatic rings. The first-order valence-electron chi connectivity index (χ1n) is 9.15. The Hall–Kier alpha value is -2.75. The van der Waals surface area contributed by atoms with E-state index in [1.54, 1.807) is 0 Å². The Balaban J connectivity index is 1.97. The molecule has 0 saturated heterocycles. The van der Waals surface area contributed by atoms with Crippen LogP contribution >= 0.6 is 0 Å². The number of hydrogen-bond acceptors (Lipinski definition) is 2. The number of nitrogens with zero attached hydrogens (tertiary/aromatic N) is 2. The van der Waals surface area contributed by atoms with Crippen LogP contribution in [0.1, 0.15) is 58.2 Å². The predicted molar refractivity (Wildman–Crippen MR) is 101 cm³/mol. The lowest BCUT2D eigenvalue weighted by molar-refractivity contribution is -0.679. The number of fused-ring (bicyclic) bond motifs is 3. The van der Waals surface area contributed by atoms with E-state index in [2.05, 4.69) is 13.8 Å². The maximum atomic E-state index is 13.4. The molecular formula is C22H23N2O2+. The van der Waals surface area contributed by atoms with Crippen molar-refractivity contribution in [2.75, 3.05) is 0 Å². The lowest BCUT2D eigenvalue weighted by Gasteiger charge is -2.15. The highest BCUT2D eigenvalue weighted by Crippen LogP contribution is 2.30. The van der Waals surface area contributed by atoms with Crippen molar-refractivity contribution in [3.05, 3.63) is 64.7 Å². The third-order valence-corrected chi connectivity index (χ3v) is 5.70. The molecule has 0 saturated carbocycles.